The summed E-state index contributed by atoms with van der Waals surface area (Å²) in [6.07, 6.45) is 0. The summed E-state index contributed by atoms with van der Waals surface area (Å²) in [6.45, 7) is 6.06. The topological polar surface area (TPSA) is 26.3 Å². The van der Waals surface area contributed by atoms with Gasteiger partial charge in [-0.15, -0.1) is 0 Å². The number of hydrogen-bond donors (Lipinski definition) is 0. The highest BCUT2D eigenvalue weighted by atomic mass is 127. The van der Waals surface area contributed by atoms with Gasteiger partial charge in [-0.2, -0.15) is 0 Å². The van der Waals surface area contributed by atoms with E-state index < -0.39 is 0 Å². The number of carbonyl (C=O) groups excluding carboxylic acids is 1. The summed E-state index contributed by atoms with van der Waals surface area (Å²) < 4.78 is 6.39. The molecule has 0 radical (unpaired) electrons. The van der Waals surface area contributed by atoms with Crippen molar-refractivity contribution in [1.82, 2.24) is 0 Å². The summed E-state index contributed by atoms with van der Waals surface area (Å²) in [6, 6.07) is 3.89. The second-order valence-corrected chi connectivity index (χ2v) is 4.27. The van der Waals surface area contributed by atoms with Crippen LogP contribution in [0.15, 0.2) is 12.1 Å². The van der Waals surface area contributed by atoms with Gasteiger partial charge in [0.2, 0.25) is 0 Å². The van der Waals surface area contributed by atoms with Gasteiger partial charge in [0.25, 0.3) is 0 Å². The Labute approximate surface area is 97.8 Å². The van der Waals surface area contributed by atoms with Gasteiger partial charge in [-0.05, 0) is 61.1 Å². The Morgan fingerprint density at radius 2 is 2.14 bits per heavy atom. The zero-order valence-corrected chi connectivity index (χ0v) is 10.7. The highest BCUT2D eigenvalue weighted by Crippen LogP contribution is 2.26. The molecule has 0 heterocycles. The molecular formula is C11H13IO2. The average molecular weight is 304 g/mol. The minimum absolute atomic E-state index is 0.0536. The molecule has 1 aromatic rings. The lowest BCUT2D eigenvalue weighted by Gasteiger charge is -2.10. The van der Waals surface area contributed by atoms with Crippen LogP contribution in [0.25, 0.3) is 0 Å². The smallest absolute Gasteiger partial charge is 0.164 e. The van der Waals surface area contributed by atoms with Crippen molar-refractivity contribution in [3.05, 3.63) is 26.8 Å². The van der Waals surface area contributed by atoms with Crippen molar-refractivity contribution in [3.63, 3.8) is 0 Å². The number of benzene rings is 1. The molecule has 0 aliphatic heterocycles. The number of halogens is 1. The molecule has 0 bridgehead atoms. The Kier molecular flexibility index (Phi) is 3.92. The van der Waals surface area contributed by atoms with Crippen molar-refractivity contribution in [3.8, 4) is 5.75 Å². The number of carbonyl (C=O) groups is 1. The molecule has 0 aromatic heterocycles. The molecule has 0 N–H and O–H groups in total. The number of aryl methyl sites for hydroxylation is 1. The quantitative estimate of drug-likeness (QED) is 0.633. The number of rotatable bonds is 3. The first-order chi connectivity index (χ1) is 6.56. The van der Waals surface area contributed by atoms with Gasteiger partial charge in [-0.3, -0.25) is 4.79 Å². The Bertz CT molecular complexity index is 359. The zero-order valence-electron chi connectivity index (χ0n) is 8.56. The first-order valence-corrected chi connectivity index (χ1v) is 5.58. The molecule has 1 rings (SSSR count). The maximum absolute atomic E-state index is 11.4. The van der Waals surface area contributed by atoms with Crippen LogP contribution in [0.4, 0.5) is 0 Å². The van der Waals surface area contributed by atoms with E-state index in [-0.39, 0.29) is 5.78 Å². The third-order valence-corrected chi connectivity index (χ3v) is 2.70. The van der Waals surface area contributed by atoms with E-state index in [1.54, 1.807) is 6.92 Å². The second-order valence-electron chi connectivity index (χ2n) is 3.11. The lowest BCUT2D eigenvalue weighted by molar-refractivity contribution is 0.101. The van der Waals surface area contributed by atoms with Crippen LogP contribution in [-0.2, 0) is 0 Å². The first-order valence-electron chi connectivity index (χ1n) is 4.50. The molecule has 0 unspecified atom stereocenters. The fraction of sp³-hybridized carbons (Fsp3) is 0.364. The van der Waals surface area contributed by atoms with E-state index in [0.29, 0.717) is 17.9 Å². The van der Waals surface area contributed by atoms with Crippen LogP contribution in [0.1, 0.15) is 29.8 Å². The van der Waals surface area contributed by atoms with E-state index in [9.17, 15) is 4.79 Å². The van der Waals surface area contributed by atoms with Crippen molar-refractivity contribution >= 4 is 28.4 Å². The van der Waals surface area contributed by atoms with Crippen LogP contribution in [-0.4, -0.2) is 12.4 Å². The maximum atomic E-state index is 11.4. The highest BCUT2D eigenvalue weighted by molar-refractivity contribution is 14.1. The van der Waals surface area contributed by atoms with Crippen LogP contribution in [0.3, 0.4) is 0 Å². The highest BCUT2D eigenvalue weighted by Gasteiger charge is 2.12. The predicted octanol–water partition coefficient (Wildman–Crippen LogP) is 3.20. The van der Waals surface area contributed by atoms with Gasteiger partial charge in [0.15, 0.2) is 5.78 Å². The number of hydrogen-bond acceptors (Lipinski definition) is 2. The van der Waals surface area contributed by atoms with Gasteiger partial charge in [-0.25, -0.2) is 0 Å². The molecule has 0 spiro atoms. The van der Waals surface area contributed by atoms with E-state index in [0.717, 1.165) is 9.13 Å². The minimum atomic E-state index is 0.0536. The van der Waals surface area contributed by atoms with Crippen LogP contribution in [0.5, 0.6) is 5.75 Å². The van der Waals surface area contributed by atoms with Crippen molar-refractivity contribution in [2.75, 3.05) is 6.61 Å². The minimum Gasteiger partial charge on any atom is -0.493 e. The van der Waals surface area contributed by atoms with Gasteiger partial charge in [-0.1, -0.05) is 0 Å². The molecule has 14 heavy (non-hydrogen) atoms. The molecule has 0 atom stereocenters. The molecule has 0 fully saturated rings. The molecule has 0 aliphatic rings. The molecule has 0 saturated heterocycles. The van der Waals surface area contributed by atoms with Crippen LogP contribution in [0, 0.1) is 10.5 Å². The lowest BCUT2D eigenvalue weighted by atomic mass is 10.1. The van der Waals surface area contributed by atoms with Crippen molar-refractivity contribution in [1.29, 1.82) is 0 Å². The third kappa shape index (κ3) is 2.47. The molecule has 76 valence electrons. The molecule has 0 saturated carbocycles. The van der Waals surface area contributed by atoms with E-state index >= 15 is 0 Å². The molecule has 3 heteroatoms. The van der Waals surface area contributed by atoms with Crippen LogP contribution < -0.4 is 4.74 Å². The lowest BCUT2D eigenvalue weighted by Crippen LogP contribution is -2.03. The van der Waals surface area contributed by atoms with Gasteiger partial charge in [0.05, 0.1) is 12.2 Å². The summed E-state index contributed by atoms with van der Waals surface area (Å²) >= 11 is 2.17. The summed E-state index contributed by atoms with van der Waals surface area (Å²) in [5, 5.41) is 0. The van der Waals surface area contributed by atoms with Crippen molar-refractivity contribution in [2.24, 2.45) is 0 Å². The summed E-state index contributed by atoms with van der Waals surface area (Å²) in [5.74, 6) is 0.752. The monoisotopic (exact) mass is 304 g/mol. The van der Waals surface area contributed by atoms with Crippen molar-refractivity contribution in [2.45, 2.75) is 20.8 Å². The predicted molar refractivity (Wildman–Crippen MR) is 65.1 cm³/mol. The fourth-order valence-electron chi connectivity index (χ4n) is 1.32. The number of ketones is 1. The Balaban J connectivity index is 3.28. The molecular weight excluding hydrogens is 291 g/mol. The Hall–Kier alpha value is -0.580. The zero-order chi connectivity index (χ0) is 10.7. The van der Waals surface area contributed by atoms with E-state index in [2.05, 4.69) is 22.6 Å². The Morgan fingerprint density at radius 1 is 1.50 bits per heavy atom. The van der Waals surface area contributed by atoms with Crippen LogP contribution in [0.2, 0.25) is 0 Å². The van der Waals surface area contributed by atoms with E-state index in [1.807, 2.05) is 26.0 Å². The third-order valence-electron chi connectivity index (χ3n) is 1.85. The standard InChI is InChI=1S/C11H13IO2/c1-4-14-10-6-7(2)5-9(12)11(10)8(3)13/h5-6H,4H2,1-3H3. The normalized spacial score (nSPS) is 10.0. The Morgan fingerprint density at radius 3 is 2.64 bits per heavy atom. The summed E-state index contributed by atoms with van der Waals surface area (Å²) in [7, 11) is 0. The average Bonchev–Trinajstić information content (AvgIpc) is 2.01. The first kappa shape index (κ1) is 11.5. The molecule has 1 aromatic carbocycles. The maximum Gasteiger partial charge on any atom is 0.164 e. The second kappa shape index (κ2) is 4.77. The van der Waals surface area contributed by atoms with Gasteiger partial charge < -0.3 is 4.74 Å². The molecule has 2 nitrogen and oxygen atoms in total. The fourth-order valence-corrected chi connectivity index (χ4v) is 2.46. The molecule has 0 amide bonds. The summed E-state index contributed by atoms with van der Waals surface area (Å²) in [4.78, 5) is 11.4. The van der Waals surface area contributed by atoms with Gasteiger partial charge in [0.1, 0.15) is 5.75 Å². The summed E-state index contributed by atoms with van der Waals surface area (Å²) in [5.41, 5.74) is 1.81. The molecule has 0 aliphatic carbocycles. The SMILES string of the molecule is CCOc1cc(C)cc(I)c1C(C)=O. The number of ether oxygens (including phenoxy) is 1. The van der Waals surface area contributed by atoms with Gasteiger partial charge in [0, 0.05) is 3.57 Å². The largest absolute Gasteiger partial charge is 0.493 e. The van der Waals surface area contributed by atoms with Gasteiger partial charge >= 0.3 is 0 Å². The van der Waals surface area contributed by atoms with E-state index in [4.69, 9.17) is 4.74 Å². The van der Waals surface area contributed by atoms with E-state index in [1.165, 1.54) is 0 Å². The van der Waals surface area contributed by atoms with Crippen molar-refractivity contribution < 1.29 is 9.53 Å². The number of Topliss-reactive ketones (excluding diaryl/α,β-unsaturated/α-hetero) is 1. The van der Waals surface area contributed by atoms with Crippen LogP contribution >= 0.6 is 22.6 Å².